The second kappa shape index (κ2) is 15.9. The minimum absolute atomic E-state index is 0.0938. The number of aldehydes is 1. The van der Waals surface area contributed by atoms with Gasteiger partial charge in [-0.3, -0.25) is 0 Å². The first kappa shape index (κ1) is 10.6. The Bertz CT molecular complexity index is 33.5. The van der Waals surface area contributed by atoms with E-state index in [2.05, 4.69) is 0 Å². The van der Waals surface area contributed by atoms with Crippen molar-refractivity contribution in [1.29, 1.82) is 0 Å². The van der Waals surface area contributed by atoms with Crippen molar-refractivity contribution in [3.05, 3.63) is 0 Å². The molecule has 1 radical (unpaired) electrons. The number of rotatable bonds is 2. The van der Waals surface area contributed by atoms with E-state index in [9.17, 15) is 5.11 Å². The molecule has 2 heteroatoms. The van der Waals surface area contributed by atoms with Gasteiger partial charge in [0.2, 0.25) is 0 Å². The molecule has 0 aliphatic heterocycles. The van der Waals surface area contributed by atoms with Gasteiger partial charge in [-0.05, 0) is 13.3 Å². The molecule has 0 saturated heterocycles. The van der Waals surface area contributed by atoms with E-state index in [1.54, 1.807) is 0 Å². The van der Waals surface area contributed by atoms with E-state index in [0.29, 0.717) is 0 Å². The summed E-state index contributed by atoms with van der Waals surface area (Å²) in [6.45, 7) is 3.55. The molecule has 0 heterocycles. The van der Waals surface area contributed by atoms with Crippen molar-refractivity contribution >= 4 is 6.29 Å². The number of carbonyl (C=O) groups excluding carboxylic acids is 1. The predicted octanol–water partition coefficient (Wildman–Crippen LogP) is 1.42. The number of hydrogen-bond acceptors (Lipinski definition) is 1. The van der Waals surface area contributed by atoms with Crippen molar-refractivity contribution in [2.75, 3.05) is 6.61 Å². The highest BCUT2D eigenvalue weighted by atomic mass is 16.2. The second-order valence-corrected chi connectivity index (χ2v) is 1.29. The largest absolute Gasteiger partial charge is 0.304 e. The molecule has 0 saturated carbocycles. The maximum absolute atomic E-state index is 9.53. The van der Waals surface area contributed by atoms with Gasteiger partial charge >= 0.3 is 0 Å². The summed E-state index contributed by atoms with van der Waals surface area (Å²) in [6, 6.07) is 0. The summed E-state index contributed by atoms with van der Waals surface area (Å²) >= 11 is 0. The first-order valence-electron chi connectivity index (χ1n) is 2.81. The Morgan fingerprint density at radius 3 is 1.88 bits per heavy atom. The summed E-state index contributed by atoms with van der Waals surface area (Å²) in [5, 5.41) is 9.53. The summed E-state index contributed by atoms with van der Waals surface area (Å²) in [4.78, 5) is 8.81. The fraction of sp³-hybridized carbons (Fsp3) is 0.833. The van der Waals surface area contributed by atoms with E-state index in [1.165, 1.54) is 6.92 Å². The third kappa shape index (κ3) is 45.4. The van der Waals surface area contributed by atoms with Gasteiger partial charge < -0.3 is 4.79 Å². The van der Waals surface area contributed by atoms with Gasteiger partial charge in [-0.2, -0.15) is 0 Å². The van der Waals surface area contributed by atoms with Crippen molar-refractivity contribution in [1.82, 2.24) is 0 Å². The van der Waals surface area contributed by atoms with Crippen molar-refractivity contribution in [2.45, 2.75) is 26.7 Å². The van der Waals surface area contributed by atoms with Crippen LogP contribution in [0.15, 0.2) is 0 Å². The maximum atomic E-state index is 9.53. The minimum atomic E-state index is 0.0938. The zero-order valence-corrected chi connectivity index (χ0v) is 5.52. The number of carbonyl (C=O) groups is 1. The van der Waals surface area contributed by atoms with Crippen LogP contribution in [-0.2, 0) is 9.90 Å². The Labute approximate surface area is 50.5 Å². The molecule has 0 unspecified atom stereocenters. The molecule has 0 aliphatic carbocycles. The highest BCUT2D eigenvalue weighted by Gasteiger charge is 1.71. The molecule has 49 valence electrons. The van der Waals surface area contributed by atoms with E-state index in [0.717, 1.165) is 19.1 Å². The molecule has 0 aromatic carbocycles. The Kier molecular flexibility index (Phi) is 21.1. The van der Waals surface area contributed by atoms with Crippen LogP contribution in [0.2, 0.25) is 0 Å². The predicted molar refractivity (Wildman–Crippen MR) is 32.2 cm³/mol. The first-order valence-corrected chi connectivity index (χ1v) is 2.81. The van der Waals surface area contributed by atoms with Gasteiger partial charge in [0.05, 0.1) is 6.61 Å². The van der Waals surface area contributed by atoms with E-state index >= 15 is 0 Å². The topological polar surface area (TPSA) is 37.0 Å². The molecule has 0 aromatic heterocycles. The van der Waals surface area contributed by atoms with Crippen molar-refractivity contribution in [2.24, 2.45) is 0 Å². The average Bonchev–Trinajstić information content (AvgIpc) is 1.71. The van der Waals surface area contributed by atoms with Gasteiger partial charge in [0, 0.05) is 0 Å². The summed E-state index contributed by atoms with van der Waals surface area (Å²) in [6.07, 6.45) is 2.61. The highest BCUT2D eigenvalue weighted by Crippen LogP contribution is 1.79. The minimum Gasteiger partial charge on any atom is -0.304 e. The fourth-order valence-electron chi connectivity index (χ4n) is 0.144. The zero-order chi connectivity index (χ0) is 6.83. The first-order chi connectivity index (χ1) is 3.83. The van der Waals surface area contributed by atoms with E-state index in [1.807, 2.05) is 6.92 Å². The van der Waals surface area contributed by atoms with E-state index < -0.39 is 0 Å². The van der Waals surface area contributed by atoms with Crippen LogP contribution >= 0.6 is 0 Å². The Balaban J connectivity index is 0. The fourth-order valence-corrected chi connectivity index (χ4v) is 0.144. The van der Waals surface area contributed by atoms with Crippen LogP contribution in [0.1, 0.15) is 26.7 Å². The van der Waals surface area contributed by atoms with Gasteiger partial charge in [0.1, 0.15) is 6.29 Å². The second-order valence-electron chi connectivity index (χ2n) is 1.29. The van der Waals surface area contributed by atoms with E-state index in [4.69, 9.17) is 4.79 Å². The summed E-state index contributed by atoms with van der Waals surface area (Å²) in [5.41, 5.74) is 0. The third-order valence-electron chi connectivity index (χ3n) is 0.498. The Morgan fingerprint density at radius 2 is 1.88 bits per heavy atom. The lowest BCUT2D eigenvalue weighted by Gasteiger charge is -1.76. The lowest BCUT2D eigenvalue weighted by atomic mass is 10.4. The third-order valence-corrected chi connectivity index (χ3v) is 0.498. The molecule has 0 N–H and O–H groups in total. The smallest absolute Gasteiger partial charge is 0.116 e. The molecule has 0 atom stereocenters. The molecule has 2 nitrogen and oxygen atoms in total. The molecule has 0 bridgehead atoms. The van der Waals surface area contributed by atoms with E-state index in [-0.39, 0.29) is 6.61 Å². The summed E-state index contributed by atoms with van der Waals surface area (Å²) in [5.74, 6) is 0. The summed E-state index contributed by atoms with van der Waals surface area (Å²) in [7, 11) is 0. The number of unbranched alkanes of at least 4 members (excludes halogenated alkanes) is 1. The monoisotopic (exact) mass is 117 g/mol. The molecule has 0 amide bonds. The van der Waals surface area contributed by atoms with Crippen LogP contribution < -0.4 is 0 Å². The van der Waals surface area contributed by atoms with Crippen LogP contribution in [-0.4, -0.2) is 12.9 Å². The SMILES string of the molecule is CC=O.CCCC[O]. The van der Waals surface area contributed by atoms with Crippen LogP contribution in [0.25, 0.3) is 0 Å². The van der Waals surface area contributed by atoms with Crippen LogP contribution in [0.5, 0.6) is 0 Å². The maximum Gasteiger partial charge on any atom is 0.116 e. The number of hydrogen-bond donors (Lipinski definition) is 0. The van der Waals surface area contributed by atoms with Gasteiger partial charge in [-0.25, -0.2) is 5.11 Å². The highest BCUT2D eigenvalue weighted by molar-refractivity contribution is 5.44. The van der Waals surface area contributed by atoms with Gasteiger partial charge in [-0.15, -0.1) is 0 Å². The molecule has 0 aromatic rings. The van der Waals surface area contributed by atoms with Gasteiger partial charge in [0.25, 0.3) is 0 Å². The average molecular weight is 117 g/mol. The molecule has 0 spiro atoms. The van der Waals surface area contributed by atoms with Crippen LogP contribution in [0.3, 0.4) is 0 Å². The Hall–Kier alpha value is -0.370. The standard InChI is InChI=1S/C4H9O.C2H4O/c1-2-3-4-5;1-2-3/h2-4H2,1H3;2H,1H3. The lowest BCUT2D eigenvalue weighted by molar-refractivity contribution is -0.106. The molecule has 8 heavy (non-hydrogen) atoms. The van der Waals surface area contributed by atoms with Crippen molar-refractivity contribution in [3.63, 3.8) is 0 Å². The van der Waals surface area contributed by atoms with Gasteiger partial charge in [-0.1, -0.05) is 13.3 Å². The van der Waals surface area contributed by atoms with Crippen LogP contribution in [0.4, 0.5) is 0 Å². The van der Waals surface area contributed by atoms with Crippen LogP contribution in [0, 0.1) is 0 Å². The molecule has 0 aliphatic rings. The van der Waals surface area contributed by atoms with Crippen molar-refractivity contribution in [3.8, 4) is 0 Å². The molecule has 0 fully saturated rings. The lowest BCUT2D eigenvalue weighted by Crippen LogP contribution is -1.72. The zero-order valence-electron chi connectivity index (χ0n) is 5.52. The molecular formula is C6H13O2. The molecule has 0 rings (SSSR count). The normalized spacial score (nSPS) is 6.88. The molecular weight excluding hydrogens is 104 g/mol. The Morgan fingerprint density at radius 1 is 1.50 bits per heavy atom. The van der Waals surface area contributed by atoms with Gasteiger partial charge in [0.15, 0.2) is 0 Å². The quantitative estimate of drug-likeness (QED) is 0.504. The summed E-state index contributed by atoms with van der Waals surface area (Å²) < 4.78 is 0. The van der Waals surface area contributed by atoms with Crippen molar-refractivity contribution < 1.29 is 9.90 Å².